The lowest BCUT2D eigenvalue weighted by Crippen LogP contribution is -2.27. The van der Waals surface area contributed by atoms with Crippen LogP contribution in [0.25, 0.3) is 0 Å². The summed E-state index contributed by atoms with van der Waals surface area (Å²) in [6.07, 6.45) is 2.24. The van der Waals surface area contributed by atoms with Gasteiger partial charge in [0.05, 0.1) is 7.11 Å². The molecule has 1 heterocycles. The second-order valence-corrected chi connectivity index (χ2v) is 4.05. The van der Waals surface area contributed by atoms with E-state index < -0.39 is 0 Å². The zero-order chi connectivity index (χ0) is 10.7. The minimum Gasteiger partial charge on any atom is -0.496 e. The van der Waals surface area contributed by atoms with Crippen LogP contribution in [0.4, 0.5) is 0 Å². The molecule has 2 heteroatoms. The first kappa shape index (κ1) is 10.5. The molecule has 0 aromatic heterocycles. The van der Waals surface area contributed by atoms with E-state index in [9.17, 15) is 0 Å². The van der Waals surface area contributed by atoms with Crippen molar-refractivity contribution in [3.8, 4) is 5.75 Å². The smallest absolute Gasteiger partial charge is 0.122 e. The van der Waals surface area contributed by atoms with Crippen molar-refractivity contribution < 1.29 is 4.74 Å². The van der Waals surface area contributed by atoms with E-state index in [0.29, 0.717) is 5.92 Å². The number of rotatable bonds is 2. The summed E-state index contributed by atoms with van der Waals surface area (Å²) in [4.78, 5) is 1.89. The molecule has 2 rings (SSSR count). The molecular weight excluding hydrogens is 186 g/mol. The van der Waals surface area contributed by atoms with Gasteiger partial charge < -0.3 is 4.74 Å². The van der Waals surface area contributed by atoms with Gasteiger partial charge in [-0.1, -0.05) is 18.2 Å². The van der Waals surface area contributed by atoms with Gasteiger partial charge in [-0.15, -0.1) is 0 Å². The molecule has 0 atom stereocenters. The van der Waals surface area contributed by atoms with Crippen LogP contribution in [0.5, 0.6) is 5.75 Å². The Morgan fingerprint density at radius 2 is 1.93 bits per heavy atom. The van der Waals surface area contributed by atoms with E-state index >= 15 is 0 Å². The first-order chi connectivity index (χ1) is 7.31. The highest BCUT2D eigenvalue weighted by Crippen LogP contribution is 2.33. The maximum atomic E-state index is 5.75. The Morgan fingerprint density at radius 1 is 1.27 bits per heavy atom. The van der Waals surface area contributed by atoms with E-state index in [1.165, 1.54) is 5.56 Å². The second kappa shape index (κ2) is 4.67. The molecule has 1 saturated heterocycles. The van der Waals surface area contributed by atoms with Crippen molar-refractivity contribution in [1.82, 2.24) is 4.90 Å². The van der Waals surface area contributed by atoms with Crippen molar-refractivity contribution in [1.29, 1.82) is 0 Å². The van der Waals surface area contributed by atoms with Gasteiger partial charge in [0.15, 0.2) is 0 Å². The Kier molecular flexibility index (Phi) is 3.27. The topological polar surface area (TPSA) is 12.5 Å². The average molecular weight is 203 g/mol. The zero-order valence-corrected chi connectivity index (χ0v) is 9.15. The highest BCUT2D eigenvalue weighted by Gasteiger charge is 2.20. The van der Waals surface area contributed by atoms with E-state index in [1.807, 2.05) is 17.0 Å². The Hall–Kier alpha value is -1.02. The molecule has 1 aliphatic rings. The fourth-order valence-electron chi connectivity index (χ4n) is 2.21. The van der Waals surface area contributed by atoms with Gasteiger partial charge >= 0.3 is 0 Å². The number of methoxy groups -OCH3 is 1. The summed E-state index contributed by atoms with van der Waals surface area (Å²) in [5.41, 5.74) is 1.33. The Morgan fingerprint density at radius 3 is 2.60 bits per heavy atom. The normalized spacial score (nSPS) is 19.1. The summed E-state index contributed by atoms with van der Waals surface area (Å²) in [5, 5.41) is 0. The number of hydrogen-bond donors (Lipinski definition) is 0. The Bertz CT molecular complexity index is 316. The molecule has 0 N–H and O–H groups in total. The van der Waals surface area contributed by atoms with Gasteiger partial charge in [-0.05, 0) is 43.5 Å². The number of likely N-dealkylation sites (tertiary alicyclic amines) is 1. The van der Waals surface area contributed by atoms with Crippen LogP contribution in [-0.4, -0.2) is 25.1 Å². The van der Waals surface area contributed by atoms with E-state index in [1.54, 1.807) is 7.11 Å². The quantitative estimate of drug-likeness (QED) is 0.732. The molecule has 0 unspecified atom stereocenters. The summed E-state index contributed by atoms with van der Waals surface area (Å²) in [5.74, 6) is 1.61. The van der Waals surface area contributed by atoms with Crippen molar-refractivity contribution in [3.63, 3.8) is 0 Å². The third kappa shape index (κ3) is 2.32. The highest BCUT2D eigenvalue weighted by molar-refractivity contribution is 5.36. The minimum atomic E-state index is 0.598. The molecule has 1 aliphatic heterocycles. The van der Waals surface area contributed by atoms with Gasteiger partial charge in [0.25, 0.3) is 0 Å². The van der Waals surface area contributed by atoms with Crippen molar-refractivity contribution >= 4 is 0 Å². The second-order valence-electron chi connectivity index (χ2n) is 4.05. The third-order valence-corrected chi connectivity index (χ3v) is 3.11. The summed E-state index contributed by atoms with van der Waals surface area (Å²) in [6.45, 7) is 1.95. The van der Waals surface area contributed by atoms with Crippen LogP contribution in [-0.2, 0) is 0 Å². The summed E-state index contributed by atoms with van der Waals surface area (Å²) >= 11 is 0. The minimum absolute atomic E-state index is 0.598. The number of para-hydroxylation sites is 1. The fraction of sp³-hybridized carbons (Fsp3) is 0.462. The van der Waals surface area contributed by atoms with Crippen LogP contribution in [0.2, 0.25) is 0 Å². The molecule has 0 spiro atoms. The van der Waals surface area contributed by atoms with Crippen molar-refractivity contribution in [2.45, 2.75) is 18.8 Å². The molecule has 1 aromatic rings. The Labute approximate surface area is 91.9 Å². The molecule has 0 bridgehead atoms. The lowest BCUT2D eigenvalue weighted by Gasteiger charge is -2.29. The summed E-state index contributed by atoms with van der Waals surface area (Å²) < 4.78 is 5.38. The molecule has 80 valence electrons. The van der Waals surface area contributed by atoms with Gasteiger partial charge in [0.1, 0.15) is 5.75 Å². The van der Waals surface area contributed by atoms with E-state index in [4.69, 9.17) is 11.8 Å². The van der Waals surface area contributed by atoms with Crippen LogP contribution < -0.4 is 4.74 Å². The molecule has 15 heavy (non-hydrogen) atoms. The van der Waals surface area contributed by atoms with Gasteiger partial charge in [0, 0.05) is 7.05 Å². The van der Waals surface area contributed by atoms with Gasteiger partial charge in [-0.3, -0.25) is 4.90 Å². The van der Waals surface area contributed by atoms with Crippen molar-refractivity contribution in [2.24, 2.45) is 0 Å². The molecule has 2 nitrogen and oxygen atoms in total. The molecule has 0 saturated carbocycles. The third-order valence-electron chi connectivity index (χ3n) is 3.11. The molecule has 1 aromatic carbocycles. The highest BCUT2D eigenvalue weighted by atomic mass is 16.5. The summed E-state index contributed by atoms with van der Waals surface area (Å²) in [6, 6.07) is 8.28. The average Bonchev–Trinajstić information content (AvgIpc) is 2.30. The van der Waals surface area contributed by atoms with E-state index in [2.05, 4.69) is 12.1 Å². The predicted molar refractivity (Wildman–Crippen MR) is 60.8 cm³/mol. The zero-order valence-electron chi connectivity index (χ0n) is 9.15. The molecular formula is C13H17NO. The monoisotopic (exact) mass is 203 g/mol. The van der Waals surface area contributed by atoms with E-state index in [0.717, 1.165) is 31.7 Å². The lowest BCUT2D eigenvalue weighted by molar-refractivity contribution is 0.276. The number of benzene rings is 1. The molecule has 1 fully saturated rings. The Balaban J connectivity index is 2.15. The molecule has 0 aliphatic carbocycles. The van der Waals surface area contributed by atoms with Crippen molar-refractivity contribution in [2.75, 3.05) is 20.2 Å². The molecule has 2 radical (unpaired) electrons. The summed E-state index contributed by atoms with van der Waals surface area (Å²) in [7, 11) is 7.48. The first-order valence-corrected chi connectivity index (χ1v) is 5.44. The van der Waals surface area contributed by atoms with Gasteiger partial charge in [-0.25, -0.2) is 0 Å². The standard InChI is InChI=1S/C13H17NO/c1-14-9-7-11(8-10-14)12-5-3-4-6-13(12)15-2/h1,3-6,11H,7-10H2,2H3. The SMILES string of the molecule is [CH]N1CCC(c2ccccc2OC)CC1. The van der Waals surface area contributed by atoms with Gasteiger partial charge in [0.2, 0.25) is 0 Å². The number of piperidine rings is 1. The maximum absolute atomic E-state index is 5.75. The number of ether oxygens (including phenoxy) is 1. The van der Waals surface area contributed by atoms with Crippen LogP contribution >= 0.6 is 0 Å². The van der Waals surface area contributed by atoms with Crippen LogP contribution in [0.15, 0.2) is 24.3 Å². The largest absolute Gasteiger partial charge is 0.496 e. The van der Waals surface area contributed by atoms with E-state index in [-0.39, 0.29) is 0 Å². The molecule has 0 amide bonds. The van der Waals surface area contributed by atoms with Crippen LogP contribution in [0.1, 0.15) is 24.3 Å². The number of nitrogens with zero attached hydrogens (tertiary/aromatic N) is 1. The maximum Gasteiger partial charge on any atom is 0.122 e. The number of hydrogen-bond acceptors (Lipinski definition) is 2. The van der Waals surface area contributed by atoms with Crippen LogP contribution in [0, 0.1) is 7.05 Å². The predicted octanol–water partition coefficient (Wildman–Crippen LogP) is 2.54. The van der Waals surface area contributed by atoms with Gasteiger partial charge in [-0.2, -0.15) is 0 Å². The first-order valence-electron chi connectivity index (χ1n) is 5.44. The lowest BCUT2D eigenvalue weighted by atomic mass is 9.89. The van der Waals surface area contributed by atoms with Crippen LogP contribution in [0.3, 0.4) is 0 Å². The fourth-order valence-corrected chi connectivity index (χ4v) is 2.21. The van der Waals surface area contributed by atoms with Crippen molar-refractivity contribution in [3.05, 3.63) is 36.9 Å².